The maximum Gasteiger partial charge on any atom is 0.523 e. The lowest BCUT2D eigenvalue weighted by Gasteiger charge is -2.08. The molecule has 122 valence electrons. The van der Waals surface area contributed by atoms with Gasteiger partial charge in [0.25, 0.3) is 0 Å². The van der Waals surface area contributed by atoms with Crippen molar-refractivity contribution in [1.82, 2.24) is 0 Å². The van der Waals surface area contributed by atoms with Crippen LogP contribution >= 0.6 is 0 Å². The van der Waals surface area contributed by atoms with Crippen LogP contribution in [0.3, 0.4) is 0 Å². The molecule has 0 aromatic carbocycles. The number of alkyl halides is 3. The van der Waals surface area contributed by atoms with Crippen LogP contribution in [0.5, 0.6) is 0 Å². The molecule has 0 heterocycles. The predicted octanol–water partition coefficient (Wildman–Crippen LogP) is 2.47. The molecule has 0 aromatic heterocycles. The monoisotopic (exact) mass is 322 g/mol. The van der Waals surface area contributed by atoms with E-state index in [-0.39, 0.29) is 6.42 Å². The van der Waals surface area contributed by atoms with Crippen molar-refractivity contribution in [3.8, 4) is 0 Å². The number of unbranched alkanes of at least 4 members (excludes halogenated alkanes) is 2. The van der Waals surface area contributed by atoms with Crippen LogP contribution in [-0.2, 0) is 23.8 Å². The van der Waals surface area contributed by atoms with E-state index in [1.807, 2.05) is 0 Å². The van der Waals surface area contributed by atoms with Gasteiger partial charge in [-0.25, -0.2) is 0 Å². The Morgan fingerprint density at radius 2 is 1.35 bits per heavy atom. The van der Waals surface area contributed by atoms with Gasteiger partial charge >= 0.3 is 15.6 Å². The highest BCUT2D eigenvalue weighted by molar-refractivity contribution is 7.87. The van der Waals surface area contributed by atoms with Gasteiger partial charge in [-0.2, -0.15) is 21.6 Å². The number of hydrogen-bond donors (Lipinski definition) is 0. The maximum atomic E-state index is 11.9. The maximum absolute atomic E-state index is 11.9. The van der Waals surface area contributed by atoms with Crippen molar-refractivity contribution in [3.05, 3.63) is 0 Å². The molecule has 0 aliphatic carbocycles. The van der Waals surface area contributed by atoms with Crippen molar-refractivity contribution in [3.63, 3.8) is 0 Å². The second kappa shape index (κ2) is 10.4. The number of halogens is 3. The summed E-state index contributed by atoms with van der Waals surface area (Å²) in [7, 11) is -5.47. The molecule has 0 bridgehead atoms. The Bertz CT molecular complexity index is 329. The van der Waals surface area contributed by atoms with Gasteiger partial charge in [0, 0.05) is 13.2 Å². The zero-order valence-corrected chi connectivity index (χ0v) is 12.3. The van der Waals surface area contributed by atoms with Crippen molar-refractivity contribution < 1.29 is 35.2 Å². The SMILES string of the molecule is CCCCOCCOCCCCOS(=O)(=O)C(F)(F)F. The van der Waals surface area contributed by atoms with Gasteiger partial charge in [0.15, 0.2) is 0 Å². The Morgan fingerprint density at radius 3 is 1.85 bits per heavy atom. The first kappa shape index (κ1) is 19.6. The van der Waals surface area contributed by atoms with E-state index in [0.29, 0.717) is 32.8 Å². The Kier molecular flexibility index (Phi) is 10.2. The van der Waals surface area contributed by atoms with Crippen LogP contribution in [-0.4, -0.2) is 47.0 Å². The summed E-state index contributed by atoms with van der Waals surface area (Å²) >= 11 is 0. The van der Waals surface area contributed by atoms with Gasteiger partial charge in [-0.15, -0.1) is 0 Å². The topological polar surface area (TPSA) is 61.8 Å². The number of ether oxygens (including phenoxy) is 2. The zero-order chi connectivity index (χ0) is 15.5. The lowest BCUT2D eigenvalue weighted by atomic mass is 10.3. The van der Waals surface area contributed by atoms with E-state index in [1.54, 1.807) is 0 Å². The fourth-order valence-corrected chi connectivity index (χ4v) is 1.58. The van der Waals surface area contributed by atoms with Crippen LogP contribution in [0.15, 0.2) is 0 Å². The molecule has 0 rings (SSSR count). The van der Waals surface area contributed by atoms with Crippen LogP contribution in [0.25, 0.3) is 0 Å². The molecule has 9 heteroatoms. The standard InChI is InChI=1S/C11H21F3O5S/c1-2-3-6-17-9-10-18-7-4-5-8-19-20(15,16)11(12,13)14/h2-10H2,1H3. The molecule has 0 aliphatic rings. The zero-order valence-electron chi connectivity index (χ0n) is 11.4. The van der Waals surface area contributed by atoms with E-state index < -0.39 is 22.2 Å². The molecule has 0 saturated carbocycles. The minimum Gasteiger partial charge on any atom is -0.379 e. The van der Waals surface area contributed by atoms with E-state index in [0.717, 1.165) is 12.8 Å². The third-order valence-electron chi connectivity index (χ3n) is 2.22. The van der Waals surface area contributed by atoms with Crippen LogP contribution < -0.4 is 0 Å². The van der Waals surface area contributed by atoms with Gasteiger partial charge < -0.3 is 9.47 Å². The highest BCUT2D eigenvalue weighted by Gasteiger charge is 2.47. The van der Waals surface area contributed by atoms with E-state index in [4.69, 9.17) is 9.47 Å². The summed E-state index contributed by atoms with van der Waals surface area (Å²) in [6, 6.07) is 0. The van der Waals surface area contributed by atoms with Crippen molar-refractivity contribution in [2.45, 2.75) is 38.1 Å². The molecule has 20 heavy (non-hydrogen) atoms. The molecular formula is C11H21F3O5S. The van der Waals surface area contributed by atoms with Gasteiger partial charge in [-0.05, 0) is 19.3 Å². The van der Waals surface area contributed by atoms with Gasteiger partial charge in [0.05, 0.1) is 19.8 Å². The molecule has 0 radical (unpaired) electrons. The smallest absolute Gasteiger partial charge is 0.379 e. The van der Waals surface area contributed by atoms with Crippen molar-refractivity contribution in [1.29, 1.82) is 0 Å². The Hall–Kier alpha value is -0.380. The fourth-order valence-electron chi connectivity index (χ4n) is 1.11. The van der Waals surface area contributed by atoms with Gasteiger partial charge in [-0.3, -0.25) is 4.18 Å². The first-order chi connectivity index (χ1) is 9.31. The number of rotatable bonds is 12. The molecule has 0 saturated heterocycles. The fraction of sp³-hybridized carbons (Fsp3) is 1.00. The minimum atomic E-state index is -5.47. The largest absolute Gasteiger partial charge is 0.523 e. The minimum absolute atomic E-state index is 0.173. The molecule has 0 spiro atoms. The molecule has 0 aromatic rings. The predicted molar refractivity (Wildman–Crippen MR) is 66.7 cm³/mol. The first-order valence-corrected chi connectivity index (χ1v) is 7.83. The second-order valence-corrected chi connectivity index (χ2v) is 5.61. The van der Waals surface area contributed by atoms with E-state index in [2.05, 4.69) is 11.1 Å². The average molecular weight is 322 g/mol. The van der Waals surface area contributed by atoms with Gasteiger partial charge in [0.1, 0.15) is 0 Å². The van der Waals surface area contributed by atoms with E-state index in [1.165, 1.54) is 0 Å². The summed E-state index contributed by atoms with van der Waals surface area (Å²) in [5.74, 6) is 0. The van der Waals surface area contributed by atoms with Crippen LogP contribution in [0.1, 0.15) is 32.6 Å². The van der Waals surface area contributed by atoms with E-state index in [9.17, 15) is 21.6 Å². The molecule has 0 atom stereocenters. The lowest BCUT2D eigenvalue weighted by molar-refractivity contribution is -0.0543. The van der Waals surface area contributed by atoms with Crippen molar-refractivity contribution in [2.24, 2.45) is 0 Å². The molecule has 0 N–H and O–H groups in total. The third-order valence-corrected chi connectivity index (χ3v) is 3.26. The van der Waals surface area contributed by atoms with Gasteiger partial charge in [-0.1, -0.05) is 13.3 Å². The Labute approximate surface area is 117 Å². The number of hydrogen-bond acceptors (Lipinski definition) is 5. The van der Waals surface area contributed by atoms with E-state index >= 15 is 0 Å². The normalized spacial score (nSPS) is 12.8. The van der Waals surface area contributed by atoms with Crippen LogP contribution in [0.4, 0.5) is 13.2 Å². The molecule has 0 fully saturated rings. The molecular weight excluding hydrogens is 301 g/mol. The average Bonchev–Trinajstić information content (AvgIpc) is 2.34. The van der Waals surface area contributed by atoms with Crippen LogP contribution in [0.2, 0.25) is 0 Å². The molecule has 5 nitrogen and oxygen atoms in total. The third kappa shape index (κ3) is 9.51. The summed E-state index contributed by atoms with van der Waals surface area (Å²) in [6.07, 6.45) is 2.64. The summed E-state index contributed by atoms with van der Waals surface area (Å²) in [5, 5.41) is 0. The first-order valence-electron chi connectivity index (χ1n) is 6.42. The molecule has 0 unspecified atom stereocenters. The quantitative estimate of drug-likeness (QED) is 0.314. The Balaban J connectivity index is 3.38. The van der Waals surface area contributed by atoms with Gasteiger partial charge in [0.2, 0.25) is 0 Å². The summed E-state index contributed by atoms with van der Waals surface area (Å²) in [6.45, 7) is 3.44. The highest BCUT2D eigenvalue weighted by atomic mass is 32.2. The summed E-state index contributed by atoms with van der Waals surface area (Å²) in [4.78, 5) is 0. The second-order valence-electron chi connectivity index (χ2n) is 4.01. The lowest BCUT2D eigenvalue weighted by Crippen LogP contribution is -2.25. The Morgan fingerprint density at radius 1 is 0.850 bits per heavy atom. The summed E-state index contributed by atoms with van der Waals surface area (Å²) in [5.41, 5.74) is -5.36. The molecule has 0 aliphatic heterocycles. The van der Waals surface area contributed by atoms with Crippen molar-refractivity contribution in [2.75, 3.05) is 33.0 Å². The van der Waals surface area contributed by atoms with Crippen molar-refractivity contribution >= 4 is 10.1 Å². The van der Waals surface area contributed by atoms with Crippen LogP contribution in [0, 0.1) is 0 Å². The highest BCUT2D eigenvalue weighted by Crippen LogP contribution is 2.24. The molecule has 0 amide bonds. The summed E-state index contributed by atoms with van der Waals surface area (Å²) < 4.78 is 70.9.